The van der Waals surface area contributed by atoms with Crippen LogP contribution in [-0.2, 0) is 57.5 Å². The van der Waals surface area contributed by atoms with Gasteiger partial charge in [-0.15, -0.1) is 0 Å². The van der Waals surface area contributed by atoms with Crippen molar-refractivity contribution in [3.05, 3.63) is 0 Å². The number of rotatable bonds is 18. The predicted molar refractivity (Wildman–Crippen MR) is 256 cm³/mol. The Balaban J connectivity index is 3.90. The van der Waals surface area contributed by atoms with E-state index in [-0.39, 0.29) is 55.4 Å². The summed E-state index contributed by atoms with van der Waals surface area (Å²) in [5.74, 6) is -13.8. The number of primary amides is 1. The maximum atomic E-state index is 13.9. The molecule has 1 saturated heterocycles. The van der Waals surface area contributed by atoms with Gasteiger partial charge in [0.05, 0.1) is 19.6 Å². The van der Waals surface area contributed by atoms with Crippen LogP contribution in [-0.4, -0.2) is 189 Å². The molecule has 0 radical (unpaired) electrons. The van der Waals surface area contributed by atoms with E-state index in [0.717, 1.165) is 28.5 Å². The number of carbonyl (C=O) groups is 12. The highest BCUT2D eigenvalue weighted by atomic mass is 33.1. The molecule has 1 heterocycles. The van der Waals surface area contributed by atoms with Crippen LogP contribution < -0.4 is 59.3 Å². The van der Waals surface area contributed by atoms with E-state index in [9.17, 15) is 78.0 Å². The first kappa shape index (κ1) is 62.6. The average molecular weight is 1050 g/mol. The van der Waals surface area contributed by atoms with Gasteiger partial charge in [-0.3, -0.25) is 57.5 Å². The number of amides is 10. The van der Waals surface area contributed by atoms with Gasteiger partial charge < -0.3 is 79.7 Å². The normalized spacial score (nSPS) is 25.7. The highest BCUT2D eigenvalue weighted by Crippen LogP contribution is 2.23. The molecule has 0 saturated carbocycles. The Kier molecular flexibility index (Phi) is 29.7. The molecule has 0 aliphatic carbocycles. The zero-order valence-corrected chi connectivity index (χ0v) is 41.7. The number of hydrogen-bond donors (Lipinski definition) is 15. The largest absolute Gasteiger partial charge is 0.481 e. The van der Waals surface area contributed by atoms with Crippen molar-refractivity contribution in [2.24, 2.45) is 17.4 Å². The Morgan fingerprint density at radius 2 is 1.07 bits per heavy atom. The SMILES string of the molecule is CSCCC1NC(=O)C(CC(C)C)NC(=O)[C@H](CO)NC(=O)C(CO)NC(=O)[C@@H](NC(C)=O)CSSC[C@@H](C(N)=O)NC(=O)C(CCC(=O)O)NC(=O)[C@H](CCCCN)NC(=O)C(CC(=O)O)NC1=O. The number of thioether (sulfide) groups is 1. The summed E-state index contributed by atoms with van der Waals surface area (Å²) in [6.07, 6.45) is -0.317. The molecule has 1 fully saturated rings. The Bertz CT molecular complexity index is 1850. The second-order valence-corrected chi connectivity index (χ2v) is 19.8. The van der Waals surface area contributed by atoms with Crippen LogP contribution in [0.4, 0.5) is 0 Å². The zero-order valence-electron chi connectivity index (χ0n) is 39.2. The molecule has 17 N–H and O–H groups in total. The maximum Gasteiger partial charge on any atom is 0.305 e. The third-order valence-corrected chi connectivity index (χ3v) is 13.1. The standard InChI is InChI=1S/C40H67N11O16S3/c1-19(2)13-24-36(63)46-23(10-12-68-4)35(62)48-25(14-31(57)58)37(64)44-21(7-5-6-11-41)33(60)45-22(8-9-30(55)56)34(61)51-28(32(42)59)17-69-70-18-29(43-20(3)54)40(67)50-27(16-53)39(66)49-26(15-52)38(65)47-24/h19,21-29,52-53H,5-18,41H2,1-4H3,(H2,42,59)(H,43,54)(H,44,64)(H,45,60)(H,46,63)(H,47,65)(H,48,62)(H,49,66)(H,50,67)(H,51,61)(H,55,56)(H,57,58)/t21-,22?,23?,24?,25?,26-,27?,28-,29-/m0/s1. The molecule has 0 aromatic rings. The number of carboxylic acid groups (broad SMARTS) is 2. The quantitative estimate of drug-likeness (QED) is 0.0450. The topological polar surface area (TPSA) is 446 Å². The number of nitrogens with one attached hydrogen (secondary N) is 9. The van der Waals surface area contributed by atoms with E-state index in [1.54, 1.807) is 20.1 Å². The molecule has 1 aliphatic heterocycles. The lowest BCUT2D eigenvalue weighted by Gasteiger charge is -2.28. The molecule has 396 valence electrons. The molecule has 27 nitrogen and oxygen atoms in total. The van der Waals surface area contributed by atoms with E-state index in [1.807, 2.05) is 0 Å². The summed E-state index contributed by atoms with van der Waals surface area (Å²) in [6, 6.07) is -14.4. The van der Waals surface area contributed by atoms with Gasteiger partial charge in [-0.1, -0.05) is 35.4 Å². The Morgan fingerprint density at radius 3 is 1.56 bits per heavy atom. The van der Waals surface area contributed by atoms with Gasteiger partial charge in [0, 0.05) is 24.9 Å². The van der Waals surface area contributed by atoms with E-state index >= 15 is 0 Å². The fourth-order valence-corrected chi connectivity index (χ4v) is 9.12. The minimum absolute atomic E-state index is 0.0592. The molecule has 5 unspecified atom stereocenters. The summed E-state index contributed by atoms with van der Waals surface area (Å²) < 4.78 is 0. The first-order valence-electron chi connectivity index (χ1n) is 22.1. The van der Waals surface area contributed by atoms with Crippen molar-refractivity contribution in [3.63, 3.8) is 0 Å². The smallest absolute Gasteiger partial charge is 0.305 e. The van der Waals surface area contributed by atoms with Crippen molar-refractivity contribution in [3.8, 4) is 0 Å². The van der Waals surface area contributed by atoms with Crippen LogP contribution >= 0.6 is 33.3 Å². The number of aliphatic hydroxyl groups excluding tert-OH is 2. The fraction of sp³-hybridized carbons (Fsp3) is 0.700. The lowest BCUT2D eigenvalue weighted by Crippen LogP contribution is -2.61. The van der Waals surface area contributed by atoms with Gasteiger partial charge in [-0.25, -0.2) is 0 Å². The molecular formula is C40H67N11O16S3. The molecule has 10 amide bonds. The molecule has 9 atom stereocenters. The molecule has 0 aromatic carbocycles. The summed E-state index contributed by atoms with van der Waals surface area (Å²) >= 11 is 1.26. The van der Waals surface area contributed by atoms with Crippen molar-refractivity contribution in [1.82, 2.24) is 47.9 Å². The third-order valence-electron chi connectivity index (χ3n) is 9.99. The molecular weight excluding hydrogens is 987 g/mol. The van der Waals surface area contributed by atoms with E-state index in [1.165, 1.54) is 11.8 Å². The summed E-state index contributed by atoms with van der Waals surface area (Å²) in [6.45, 7) is 2.56. The third kappa shape index (κ3) is 23.9. The molecule has 1 aliphatic rings. The van der Waals surface area contributed by atoms with Gasteiger partial charge in [-0.2, -0.15) is 11.8 Å². The van der Waals surface area contributed by atoms with Crippen LogP contribution in [0.1, 0.15) is 72.1 Å². The highest BCUT2D eigenvalue weighted by Gasteiger charge is 2.36. The average Bonchev–Trinajstić information content (AvgIpc) is 3.28. The van der Waals surface area contributed by atoms with Crippen LogP contribution in [0.2, 0.25) is 0 Å². The number of hydrogen-bond acceptors (Lipinski definition) is 18. The molecule has 70 heavy (non-hydrogen) atoms. The van der Waals surface area contributed by atoms with Gasteiger partial charge in [0.25, 0.3) is 0 Å². The Hall–Kier alpha value is -5.43. The van der Waals surface area contributed by atoms with E-state index in [2.05, 4.69) is 47.9 Å². The van der Waals surface area contributed by atoms with Crippen molar-refractivity contribution in [1.29, 1.82) is 0 Å². The minimum Gasteiger partial charge on any atom is -0.481 e. The van der Waals surface area contributed by atoms with Crippen LogP contribution in [0.5, 0.6) is 0 Å². The second kappa shape index (κ2) is 33.2. The molecule has 0 aromatic heterocycles. The van der Waals surface area contributed by atoms with Crippen molar-refractivity contribution in [2.45, 2.75) is 127 Å². The summed E-state index contributed by atoms with van der Waals surface area (Å²) in [7, 11) is 1.76. The monoisotopic (exact) mass is 1050 g/mol. The maximum absolute atomic E-state index is 13.9. The van der Waals surface area contributed by atoms with Gasteiger partial charge in [0.1, 0.15) is 54.4 Å². The van der Waals surface area contributed by atoms with Crippen LogP contribution in [0.15, 0.2) is 0 Å². The van der Waals surface area contributed by atoms with Crippen LogP contribution in [0, 0.1) is 5.92 Å². The zero-order chi connectivity index (χ0) is 53.1. The van der Waals surface area contributed by atoms with Crippen molar-refractivity contribution >= 4 is 104 Å². The molecule has 0 bridgehead atoms. The number of aliphatic carboxylic acids is 2. The summed E-state index contributed by atoms with van der Waals surface area (Å²) in [5.41, 5.74) is 11.2. The molecule has 0 spiro atoms. The lowest BCUT2D eigenvalue weighted by atomic mass is 10.0. The van der Waals surface area contributed by atoms with Gasteiger partial charge in [0.2, 0.25) is 59.1 Å². The van der Waals surface area contributed by atoms with Crippen LogP contribution in [0.25, 0.3) is 0 Å². The van der Waals surface area contributed by atoms with Crippen molar-refractivity contribution in [2.75, 3.05) is 43.3 Å². The minimum atomic E-state index is -1.88. The number of unbranched alkanes of at least 4 members (excludes halogenated alkanes) is 1. The number of nitrogens with two attached hydrogens (primary N) is 2. The number of carbonyl (C=O) groups excluding carboxylic acids is 10. The van der Waals surface area contributed by atoms with Crippen LogP contribution in [0.3, 0.4) is 0 Å². The number of aliphatic hydroxyl groups is 2. The fourth-order valence-electron chi connectivity index (χ4n) is 6.31. The van der Waals surface area contributed by atoms with Crippen molar-refractivity contribution < 1.29 is 78.0 Å². The highest BCUT2D eigenvalue weighted by molar-refractivity contribution is 8.76. The molecule has 30 heteroatoms. The number of carboxylic acids is 2. The Labute approximate surface area is 415 Å². The first-order valence-corrected chi connectivity index (χ1v) is 25.9. The van der Waals surface area contributed by atoms with E-state index in [0.29, 0.717) is 6.42 Å². The summed E-state index contributed by atoms with van der Waals surface area (Å²) in [5, 5.41) is 60.6. The first-order chi connectivity index (χ1) is 33.0. The lowest BCUT2D eigenvalue weighted by molar-refractivity contribution is -0.142. The second-order valence-electron chi connectivity index (χ2n) is 16.3. The summed E-state index contributed by atoms with van der Waals surface area (Å²) in [4.78, 5) is 158. The Morgan fingerprint density at radius 1 is 0.629 bits per heavy atom. The predicted octanol–water partition coefficient (Wildman–Crippen LogP) is -5.50. The van der Waals surface area contributed by atoms with Gasteiger partial charge >= 0.3 is 11.9 Å². The van der Waals surface area contributed by atoms with E-state index < -0.39 is 158 Å². The molecule has 1 rings (SSSR count). The van der Waals surface area contributed by atoms with E-state index in [4.69, 9.17) is 11.5 Å². The van der Waals surface area contributed by atoms with Gasteiger partial charge in [0.15, 0.2) is 0 Å². The van der Waals surface area contributed by atoms with Gasteiger partial charge in [-0.05, 0) is 63.0 Å².